The summed E-state index contributed by atoms with van der Waals surface area (Å²) in [4.78, 5) is 17.8. The Morgan fingerprint density at radius 1 is 1.53 bits per heavy atom. The maximum absolute atomic E-state index is 12.2. The molecule has 0 aliphatic rings. The molecule has 1 amide bonds. The van der Waals surface area contributed by atoms with Gasteiger partial charge in [0.15, 0.2) is 0 Å². The van der Waals surface area contributed by atoms with E-state index in [-0.39, 0.29) is 24.8 Å². The van der Waals surface area contributed by atoms with Crippen molar-refractivity contribution in [1.29, 1.82) is 5.26 Å². The summed E-state index contributed by atoms with van der Waals surface area (Å²) in [5.74, 6) is -0.279. The van der Waals surface area contributed by atoms with Crippen LogP contribution in [0.15, 0.2) is 12.1 Å². The van der Waals surface area contributed by atoms with Gasteiger partial charge >= 0.3 is 0 Å². The molecular weight excluding hydrogens is 246 g/mol. The smallest absolute Gasteiger partial charge is 0.272 e. The molecule has 0 spiro atoms. The molecule has 0 unspecified atom stereocenters. The number of hydrogen-bond acceptors (Lipinski definition) is 5. The molecule has 0 saturated carbocycles. The third kappa shape index (κ3) is 4.02. The Morgan fingerprint density at radius 3 is 2.79 bits per heavy atom. The van der Waals surface area contributed by atoms with Gasteiger partial charge in [-0.25, -0.2) is 4.98 Å². The van der Waals surface area contributed by atoms with Gasteiger partial charge in [0.1, 0.15) is 11.8 Å². The standard InChI is InChI=1S/C13H17N3O3/c1-10-11(9-14)3-4-12(15-10)13(18)16(5-7-17)6-8-19-2/h3-4,17H,5-8H2,1-2H3. The minimum atomic E-state index is -0.279. The summed E-state index contributed by atoms with van der Waals surface area (Å²) in [6.07, 6.45) is 0. The number of amides is 1. The summed E-state index contributed by atoms with van der Waals surface area (Å²) in [6.45, 7) is 2.56. The minimum absolute atomic E-state index is 0.120. The number of carbonyl (C=O) groups is 1. The van der Waals surface area contributed by atoms with Gasteiger partial charge in [0.2, 0.25) is 0 Å². The number of methoxy groups -OCH3 is 1. The van der Waals surface area contributed by atoms with Gasteiger partial charge in [-0.1, -0.05) is 0 Å². The highest BCUT2D eigenvalue weighted by atomic mass is 16.5. The van der Waals surface area contributed by atoms with E-state index in [4.69, 9.17) is 15.1 Å². The Bertz CT molecular complexity index is 483. The molecule has 6 heteroatoms. The third-order valence-corrected chi connectivity index (χ3v) is 2.65. The first kappa shape index (κ1) is 15.1. The van der Waals surface area contributed by atoms with Crippen LogP contribution in [0, 0.1) is 18.3 Å². The van der Waals surface area contributed by atoms with E-state index in [0.717, 1.165) is 0 Å². The van der Waals surface area contributed by atoms with Crippen LogP contribution in [-0.4, -0.2) is 54.3 Å². The maximum Gasteiger partial charge on any atom is 0.272 e. The Kier molecular flexibility index (Phi) is 5.93. The fraction of sp³-hybridized carbons (Fsp3) is 0.462. The van der Waals surface area contributed by atoms with Crippen LogP contribution in [0.2, 0.25) is 0 Å². The quantitative estimate of drug-likeness (QED) is 0.800. The number of hydrogen-bond donors (Lipinski definition) is 1. The van der Waals surface area contributed by atoms with Crippen LogP contribution >= 0.6 is 0 Å². The van der Waals surface area contributed by atoms with Crippen LogP contribution in [-0.2, 0) is 4.74 Å². The molecule has 0 fully saturated rings. The molecule has 19 heavy (non-hydrogen) atoms. The predicted molar refractivity (Wildman–Crippen MR) is 68.6 cm³/mol. The van der Waals surface area contributed by atoms with Crippen molar-refractivity contribution >= 4 is 5.91 Å². The van der Waals surface area contributed by atoms with Crippen molar-refractivity contribution in [2.45, 2.75) is 6.92 Å². The molecule has 102 valence electrons. The normalized spacial score (nSPS) is 10.0. The van der Waals surface area contributed by atoms with Gasteiger partial charge in [-0.15, -0.1) is 0 Å². The van der Waals surface area contributed by atoms with E-state index in [0.29, 0.717) is 24.4 Å². The number of aliphatic hydroxyl groups is 1. The summed E-state index contributed by atoms with van der Waals surface area (Å²) in [7, 11) is 1.55. The molecule has 1 aromatic rings. The average molecular weight is 263 g/mol. The van der Waals surface area contributed by atoms with Crippen LogP contribution in [0.5, 0.6) is 0 Å². The van der Waals surface area contributed by atoms with Gasteiger partial charge in [-0.3, -0.25) is 4.79 Å². The molecule has 0 atom stereocenters. The molecule has 0 aliphatic heterocycles. The number of rotatable bonds is 6. The van der Waals surface area contributed by atoms with E-state index in [9.17, 15) is 4.79 Å². The highest BCUT2D eigenvalue weighted by molar-refractivity contribution is 5.92. The SMILES string of the molecule is COCCN(CCO)C(=O)c1ccc(C#N)c(C)n1. The Labute approximate surface area is 112 Å². The Morgan fingerprint density at radius 2 is 2.26 bits per heavy atom. The molecule has 0 bridgehead atoms. The van der Waals surface area contributed by atoms with E-state index < -0.39 is 0 Å². The number of aliphatic hydroxyl groups excluding tert-OH is 1. The monoisotopic (exact) mass is 263 g/mol. The molecule has 0 saturated heterocycles. The van der Waals surface area contributed by atoms with Crippen LogP contribution in [0.1, 0.15) is 21.7 Å². The average Bonchev–Trinajstić information content (AvgIpc) is 2.42. The number of aryl methyl sites for hydroxylation is 1. The maximum atomic E-state index is 12.2. The first-order valence-electron chi connectivity index (χ1n) is 5.90. The van der Waals surface area contributed by atoms with Gasteiger partial charge in [0.05, 0.1) is 24.5 Å². The number of nitriles is 1. The number of nitrogens with zero attached hydrogens (tertiary/aromatic N) is 3. The summed E-state index contributed by atoms with van der Waals surface area (Å²) in [6, 6.07) is 5.09. The topological polar surface area (TPSA) is 86.5 Å². The van der Waals surface area contributed by atoms with Crippen LogP contribution in [0.4, 0.5) is 0 Å². The van der Waals surface area contributed by atoms with Crippen molar-refractivity contribution in [3.63, 3.8) is 0 Å². The van der Waals surface area contributed by atoms with Gasteiger partial charge in [0, 0.05) is 20.2 Å². The second kappa shape index (κ2) is 7.46. The molecule has 6 nitrogen and oxygen atoms in total. The number of aromatic nitrogens is 1. The largest absolute Gasteiger partial charge is 0.395 e. The van der Waals surface area contributed by atoms with E-state index in [1.54, 1.807) is 20.1 Å². The lowest BCUT2D eigenvalue weighted by atomic mass is 10.2. The second-order valence-corrected chi connectivity index (χ2v) is 3.95. The van der Waals surface area contributed by atoms with Gasteiger partial charge < -0.3 is 14.7 Å². The Hall–Kier alpha value is -1.97. The Balaban J connectivity index is 2.90. The van der Waals surface area contributed by atoms with E-state index >= 15 is 0 Å². The van der Waals surface area contributed by atoms with Gasteiger partial charge in [-0.05, 0) is 19.1 Å². The molecule has 0 aliphatic carbocycles. The minimum Gasteiger partial charge on any atom is -0.395 e. The number of carbonyl (C=O) groups excluding carboxylic acids is 1. The lowest BCUT2D eigenvalue weighted by Crippen LogP contribution is -2.36. The van der Waals surface area contributed by atoms with Crippen molar-refractivity contribution in [1.82, 2.24) is 9.88 Å². The summed E-state index contributed by atoms with van der Waals surface area (Å²) < 4.78 is 4.93. The van der Waals surface area contributed by atoms with Crippen LogP contribution in [0.25, 0.3) is 0 Å². The molecule has 0 radical (unpaired) electrons. The lowest BCUT2D eigenvalue weighted by molar-refractivity contribution is 0.0650. The molecule has 1 N–H and O–H groups in total. The molecular formula is C13H17N3O3. The van der Waals surface area contributed by atoms with Crippen molar-refractivity contribution < 1.29 is 14.6 Å². The zero-order chi connectivity index (χ0) is 14.3. The molecule has 1 heterocycles. The lowest BCUT2D eigenvalue weighted by Gasteiger charge is -2.21. The van der Waals surface area contributed by atoms with Crippen molar-refractivity contribution in [3.8, 4) is 6.07 Å². The van der Waals surface area contributed by atoms with E-state index in [1.165, 1.54) is 11.0 Å². The van der Waals surface area contributed by atoms with Crippen LogP contribution in [0.3, 0.4) is 0 Å². The van der Waals surface area contributed by atoms with E-state index in [1.807, 2.05) is 6.07 Å². The second-order valence-electron chi connectivity index (χ2n) is 3.95. The number of pyridine rings is 1. The summed E-state index contributed by atoms with van der Waals surface area (Å²) in [5, 5.41) is 17.8. The molecule has 0 aromatic carbocycles. The fourth-order valence-electron chi connectivity index (χ4n) is 1.60. The zero-order valence-corrected chi connectivity index (χ0v) is 11.1. The van der Waals surface area contributed by atoms with Gasteiger partial charge in [-0.2, -0.15) is 5.26 Å². The van der Waals surface area contributed by atoms with Gasteiger partial charge in [0.25, 0.3) is 5.91 Å². The first-order valence-corrected chi connectivity index (χ1v) is 5.90. The first-order chi connectivity index (χ1) is 9.13. The van der Waals surface area contributed by atoms with E-state index in [2.05, 4.69) is 4.98 Å². The fourth-order valence-corrected chi connectivity index (χ4v) is 1.60. The summed E-state index contributed by atoms with van der Waals surface area (Å²) >= 11 is 0. The predicted octanol–water partition coefficient (Wildman–Crippen LogP) is 0.343. The molecule has 1 rings (SSSR count). The molecule has 1 aromatic heterocycles. The highest BCUT2D eigenvalue weighted by Gasteiger charge is 2.17. The number of ether oxygens (including phenoxy) is 1. The van der Waals surface area contributed by atoms with Crippen molar-refractivity contribution in [3.05, 3.63) is 29.1 Å². The van der Waals surface area contributed by atoms with Crippen LogP contribution < -0.4 is 0 Å². The van der Waals surface area contributed by atoms with Crippen molar-refractivity contribution in [2.24, 2.45) is 0 Å². The summed E-state index contributed by atoms with van der Waals surface area (Å²) in [5.41, 5.74) is 1.23. The zero-order valence-electron chi connectivity index (χ0n) is 11.1. The highest BCUT2D eigenvalue weighted by Crippen LogP contribution is 2.08. The van der Waals surface area contributed by atoms with Crippen molar-refractivity contribution in [2.75, 3.05) is 33.4 Å². The third-order valence-electron chi connectivity index (χ3n) is 2.65.